The molecule has 1 N–H and O–H groups in total. The smallest absolute Gasteiger partial charge is 0.124 e. The fourth-order valence-electron chi connectivity index (χ4n) is 4.00. The van der Waals surface area contributed by atoms with E-state index in [0.29, 0.717) is 13.2 Å². The average Bonchev–Trinajstić information content (AvgIpc) is 2.76. The van der Waals surface area contributed by atoms with Gasteiger partial charge in [-0.3, -0.25) is 4.90 Å². The Labute approximate surface area is 165 Å². The summed E-state index contributed by atoms with van der Waals surface area (Å²) in [5.74, 6) is 1.80. The van der Waals surface area contributed by atoms with Gasteiger partial charge in [-0.05, 0) is 35.0 Å². The molecule has 1 atom stereocenters. The summed E-state index contributed by atoms with van der Waals surface area (Å²) in [7, 11) is 3.33. The number of benzene rings is 3. The molecule has 1 aliphatic heterocycles. The summed E-state index contributed by atoms with van der Waals surface area (Å²) in [5, 5.41) is 13.1. The number of methoxy groups -OCH3 is 2. The van der Waals surface area contributed by atoms with Gasteiger partial charge in [-0.1, -0.05) is 30.3 Å². The van der Waals surface area contributed by atoms with E-state index in [1.807, 2.05) is 36.4 Å². The van der Waals surface area contributed by atoms with E-state index in [-0.39, 0.29) is 11.8 Å². The second kappa shape index (κ2) is 8.09. The predicted octanol–water partition coefficient (Wildman–Crippen LogP) is 3.98. The lowest BCUT2D eigenvalue weighted by Gasteiger charge is -2.36. The fourth-order valence-corrected chi connectivity index (χ4v) is 4.00. The first-order chi connectivity index (χ1) is 13.7. The Morgan fingerprint density at radius 1 is 0.964 bits per heavy atom. The SMILES string of the molecule is COc1ccc(OC)c([C@H](c2c(O)ccc3ccccc23)N2CCOCC2)c1. The molecule has 1 heterocycles. The molecule has 28 heavy (non-hydrogen) atoms. The Morgan fingerprint density at radius 2 is 1.75 bits per heavy atom. The summed E-state index contributed by atoms with van der Waals surface area (Å²) in [4.78, 5) is 2.34. The molecule has 3 aromatic carbocycles. The topological polar surface area (TPSA) is 51.2 Å². The molecule has 1 aliphatic rings. The van der Waals surface area contributed by atoms with Crippen molar-refractivity contribution in [3.05, 3.63) is 65.7 Å². The highest BCUT2D eigenvalue weighted by molar-refractivity contribution is 5.88. The van der Waals surface area contributed by atoms with Crippen molar-refractivity contribution in [2.24, 2.45) is 0 Å². The standard InChI is InChI=1S/C23H25NO4/c1-26-17-8-10-21(27-2)19(15-17)23(24-11-13-28-14-12-24)22-18-6-4-3-5-16(18)7-9-20(22)25/h3-10,15,23,25H,11-14H2,1-2H3/t23-/m1/s1. The lowest BCUT2D eigenvalue weighted by Crippen LogP contribution is -2.39. The summed E-state index contributed by atoms with van der Waals surface area (Å²) < 4.78 is 16.8. The highest BCUT2D eigenvalue weighted by Gasteiger charge is 2.30. The molecule has 0 aliphatic carbocycles. The molecular weight excluding hydrogens is 354 g/mol. The number of aromatic hydroxyl groups is 1. The number of hydrogen-bond donors (Lipinski definition) is 1. The largest absolute Gasteiger partial charge is 0.508 e. The Balaban J connectivity index is 1.97. The molecule has 3 aromatic rings. The van der Waals surface area contributed by atoms with Crippen LogP contribution in [0.2, 0.25) is 0 Å². The highest BCUT2D eigenvalue weighted by atomic mass is 16.5. The van der Waals surface area contributed by atoms with Crippen LogP contribution in [0.15, 0.2) is 54.6 Å². The monoisotopic (exact) mass is 379 g/mol. The maximum atomic E-state index is 10.9. The normalized spacial score (nSPS) is 16.1. The summed E-state index contributed by atoms with van der Waals surface area (Å²) in [6.45, 7) is 2.87. The van der Waals surface area contributed by atoms with Gasteiger partial charge in [-0.15, -0.1) is 0 Å². The third-order valence-corrected chi connectivity index (χ3v) is 5.36. The van der Waals surface area contributed by atoms with Gasteiger partial charge in [0.2, 0.25) is 0 Å². The molecule has 0 amide bonds. The molecule has 4 rings (SSSR count). The second-order valence-corrected chi connectivity index (χ2v) is 6.88. The molecule has 0 aromatic heterocycles. The number of nitrogens with zero attached hydrogens (tertiary/aromatic N) is 1. The maximum Gasteiger partial charge on any atom is 0.124 e. The molecule has 0 bridgehead atoms. The van der Waals surface area contributed by atoms with Crippen molar-refractivity contribution >= 4 is 10.8 Å². The van der Waals surface area contributed by atoms with E-state index in [1.54, 1.807) is 20.3 Å². The number of hydrogen-bond acceptors (Lipinski definition) is 5. The first kappa shape index (κ1) is 18.6. The van der Waals surface area contributed by atoms with Gasteiger partial charge in [-0.2, -0.15) is 0 Å². The molecule has 0 spiro atoms. The zero-order valence-corrected chi connectivity index (χ0v) is 16.2. The Morgan fingerprint density at radius 3 is 2.50 bits per heavy atom. The molecule has 1 fully saturated rings. The van der Waals surface area contributed by atoms with Gasteiger partial charge < -0.3 is 19.3 Å². The van der Waals surface area contributed by atoms with Crippen LogP contribution >= 0.6 is 0 Å². The third kappa shape index (κ3) is 3.39. The van der Waals surface area contributed by atoms with E-state index in [0.717, 1.165) is 46.5 Å². The van der Waals surface area contributed by atoms with Crippen LogP contribution in [0.25, 0.3) is 10.8 Å². The van der Waals surface area contributed by atoms with E-state index < -0.39 is 0 Å². The van der Waals surface area contributed by atoms with Gasteiger partial charge in [0.15, 0.2) is 0 Å². The van der Waals surface area contributed by atoms with Gasteiger partial charge in [0, 0.05) is 24.2 Å². The van der Waals surface area contributed by atoms with E-state index in [4.69, 9.17) is 14.2 Å². The zero-order chi connectivity index (χ0) is 19.5. The van der Waals surface area contributed by atoms with Crippen molar-refractivity contribution in [3.8, 4) is 17.2 Å². The number of phenolic OH excluding ortho intramolecular Hbond substituents is 1. The number of rotatable bonds is 5. The molecular formula is C23H25NO4. The van der Waals surface area contributed by atoms with Crippen LogP contribution in [-0.4, -0.2) is 50.5 Å². The molecule has 0 saturated carbocycles. The van der Waals surface area contributed by atoms with E-state index >= 15 is 0 Å². The minimum atomic E-state index is -0.181. The van der Waals surface area contributed by atoms with E-state index in [1.165, 1.54) is 0 Å². The van der Waals surface area contributed by atoms with Gasteiger partial charge >= 0.3 is 0 Å². The van der Waals surface area contributed by atoms with Crippen molar-refractivity contribution in [3.63, 3.8) is 0 Å². The van der Waals surface area contributed by atoms with Gasteiger partial charge in [0.25, 0.3) is 0 Å². The Kier molecular flexibility index (Phi) is 5.37. The lowest BCUT2D eigenvalue weighted by molar-refractivity contribution is 0.0234. The highest BCUT2D eigenvalue weighted by Crippen LogP contribution is 2.43. The van der Waals surface area contributed by atoms with Crippen molar-refractivity contribution in [1.29, 1.82) is 0 Å². The third-order valence-electron chi connectivity index (χ3n) is 5.36. The molecule has 0 radical (unpaired) electrons. The van der Waals surface area contributed by atoms with Gasteiger partial charge in [0.05, 0.1) is 33.5 Å². The van der Waals surface area contributed by atoms with Crippen LogP contribution in [0, 0.1) is 0 Å². The fraction of sp³-hybridized carbons (Fsp3) is 0.304. The van der Waals surface area contributed by atoms with Crippen LogP contribution in [0.1, 0.15) is 17.2 Å². The summed E-state index contributed by atoms with van der Waals surface area (Å²) in [5.41, 5.74) is 1.85. The van der Waals surface area contributed by atoms with Crippen LogP contribution < -0.4 is 9.47 Å². The molecule has 5 nitrogen and oxygen atoms in total. The number of phenols is 1. The van der Waals surface area contributed by atoms with Crippen LogP contribution in [0.5, 0.6) is 17.2 Å². The molecule has 0 unspecified atom stereocenters. The first-order valence-electron chi connectivity index (χ1n) is 9.47. The molecule has 1 saturated heterocycles. The predicted molar refractivity (Wildman–Crippen MR) is 109 cm³/mol. The molecule has 146 valence electrons. The van der Waals surface area contributed by atoms with E-state index in [2.05, 4.69) is 17.0 Å². The first-order valence-corrected chi connectivity index (χ1v) is 9.47. The zero-order valence-electron chi connectivity index (χ0n) is 16.2. The minimum Gasteiger partial charge on any atom is -0.508 e. The number of fused-ring (bicyclic) bond motifs is 1. The van der Waals surface area contributed by atoms with Crippen LogP contribution in [0.4, 0.5) is 0 Å². The number of morpholine rings is 1. The van der Waals surface area contributed by atoms with Crippen molar-refractivity contribution in [1.82, 2.24) is 4.90 Å². The Bertz CT molecular complexity index is 966. The molecule has 5 heteroatoms. The number of ether oxygens (including phenoxy) is 3. The summed E-state index contributed by atoms with van der Waals surface area (Å²) >= 11 is 0. The van der Waals surface area contributed by atoms with E-state index in [9.17, 15) is 5.11 Å². The van der Waals surface area contributed by atoms with Crippen LogP contribution in [-0.2, 0) is 4.74 Å². The van der Waals surface area contributed by atoms with Crippen molar-refractivity contribution in [2.45, 2.75) is 6.04 Å². The van der Waals surface area contributed by atoms with Gasteiger partial charge in [0.1, 0.15) is 17.2 Å². The lowest BCUT2D eigenvalue weighted by atomic mass is 9.90. The van der Waals surface area contributed by atoms with Crippen molar-refractivity contribution < 1.29 is 19.3 Å². The van der Waals surface area contributed by atoms with Crippen LogP contribution in [0.3, 0.4) is 0 Å². The summed E-state index contributed by atoms with van der Waals surface area (Å²) in [6, 6.07) is 17.5. The van der Waals surface area contributed by atoms with Gasteiger partial charge in [-0.25, -0.2) is 0 Å². The maximum absolute atomic E-state index is 10.9. The minimum absolute atomic E-state index is 0.181. The quantitative estimate of drug-likeness (QED) is 0.727. The Hall–Kier alpha value is -2.76. The summed E-state index contributed by atoms with van der Waals surface area (Å²) in [6.07, 6.45) is 0. The second-order valence-electron chi connectivity index (χ2n) is 6.88. The van der Waals surface area contributed by atoms with Crippen molar-refractivity contribution in [2.75, 3.05) is 40.5 Å². The average molecular weight is 379 g/mol.